The molecule has 0 amide bonds. The molecular formula is C13H17BrN2O2. The van der Waals surface area contributed by atoms with Gasteiger partial charge in [-0.25, -0.2) is 0 Å². The minimum atomic E-state index is 0.321. The summed E-state index contributed by atoms with van der Waals surface area (Å²) < 4.78 is 11.8. The monoisotopic (exact) mass is 312 g/mol. The Hall–Kier alpha value is -0.780. The number of fused-ring (bicyclic) bond motifs is 1. The van der Waals surface area contributed by atoms with Gasteiger partial charge in [0.1, 0.15) is 0 Å². The summed E-state index contributed by atoms with van der Waals surface area (Å²) in [5, 5.41) is 3.41. The van der Waals surface area contributed by atoms with E-state index >= 15 is 0 Å². The van der Waals surface area contributed by atoms with Crippen LogP contribution in [0.25, 0.3) is 0 Å². The average molecular weight is 313 g/mol. The highest BCUT2D eigenvalue weighted by Crippen LogP contribution is 2.40. The second-order valence-electron chi connectivity index (χ2n) is 4.84. The maximum Gasteiger partial charge on any atom is 0.231 e. The van der Waals surface area contributed by atoms with Crippen molar-refractivity contribution < 1.29 is 9.47 Å². The molecule has 0 aromatic heterocycles. The molecule has 1 fully saturated rings. The quantitative estimate of drug-likeness (QED) is 0.905. The van der Waals surface area contributed by atoms with Gasteiger partial charge < -0.3 is 14.8 Å². The first-order valence-electron chi connectivity index (χ1n) is 6.27. The number of nitrogens with zero attached hydrogens (tertiary/aromatic N) is 1. The Labute approximate surface area is 115 Å². The Morgan fingerprint density at radius 3 is 3.17 bits per heavy atom. The predicted molar refractivity (Wildman–Crippen MR) is 73.0 cm³/mol. The van der Waals surface area contributed by atoms with Crippen LogP contribution >= 0.6 is 15.9 Å². The SMILES string of the molecule is C[C@@H]1CNCCN1Cc1cc(Br)c2c(c1)OCO2. The number of hydrogen-bond donors (Lipinski definition) is 1. The standard InChI is InChI=1S/C13H17BrN2O2/c1-9-6-15-2-3-16(9)7-10-4-11(14)13-12(5-10)17-8-18-13/h4-5,9,15H,2-3,6-8H2,1H3/t9-/m1/s1. The largest absolute Gasteiger partial charge is 0.454 e. The summed E-state index contributed by atoms with van der Waals surface area (Å²) in [4.78, 5) is 2.49. The lowest BCUT2D eigenvalue weighted by atomic mass is 10.1. The molecule has 98 valence electrons. The van der Waals surface area contributed by atoms with Crippen molar-refractivity contribution in [1.29, 1.82) is 0 Å². The highest BCUT2D eigenvalue weighted by molar-refractivity contribution is 9.10. The highest BCUT2D eigenvalue weighted by Gasteiger charge is 2.21. The van der Waals surface area contributed by atoms with Crippen LogP contribution in [0.5, 0.6) is 11.5 Å². The predicted octanol–water partition coefficient (Wildman–Crippen LogP) is 1.97. The zero-order chi connectivity index (χ0) is 12.5. The molecule has 3 rings (SSSR count). The molecule has 1 saturated heterocycles. The van der Waals surface area contributed by atoms with E-state index in [0.717, 1.165) is 42.2 Å². The summed E-state index contributed by atoms with van der Waals surface area (Å²) in [5.74, 6) is 1.68. The zero-order valence-corrected chi connectivity index (χ0v) is 12.0. The molecule has 1 aromatic rings. The Kier molecular flexibility index (Phi) is 3.46. The Morgan fingerprint density at radius 2 is 2.33 bits per heavy atom. The van der Waals surface area contributed by atoms with Crippen LogP contribution in [0.4, 0.5) is 0 Å². The average Bonchev–Trinajstić information content (AvgIpc) is 2.81. The van der Waals surface area contributed by atoms with Gasteiger partial charge in [-0.05, 0) is 40.5 Å². The van der Waals surface area contributed by atoms with Crippen molar-refractivity contribution in [3.63, 3.8) is 0 Å². The maximum atomic E-state index is 5.45. The Balaban J connectivity index is 1.78. The lowest BCUT2D eigenvalue weighted by molar-refractivity contribution is 0.165. The maximum absolute atomic E-state index is 5.45. The molecule has 1 N–H and O–H groups in total. The molecule has 2 aliphatic rings. The van der Waals surface area contributed by atoms with Crippen molar-refractivity contribution in [1.82, 2.24) is 10.2 Å². The van der Waals surface area contributed by atoms with Crippen molar-refractivity contribution in [3.05, 3.63) is 22.2 Å². The summed E-state index contributed by atoms with van der Waals surface area (Å²) in [6, 6.07) is 4.78. The van der Waals surface area contributed by atoms with Gasteiger partial charge >= 0.3 is 0 Å². The van der Waals surface area contributed by atoms with Crippen LogP contribution < -0.4 is 14.8 Å². The molecule has 1 aromatic carbocycles. The summed E-state index contributed by atoms with van der Waals surface area (Å²) >= 11 is 3.54. The molecule has 0 saturated carbocycles. The lowest BCUT2D eigenvalue weighted by Gasteiger charge is -2.33. The molecular weight excluding hydrogens is 296 g/mol. The number of rotatable bonds is 2. The van der Waals surface area contributed by atoms with Crippen molar-refractivity contribution in [2.45, 2.75) is 19.5 Å². The molecule has 2 aliphatic heterocycles. The fraction of sp³-hybridized carbons (Fsp3) is 0.538. The van der Waals surface area contributed by atoms with E-state index in [0.29, 0.717) is 12.8 Å². The van der Waals surface area contributed by atoms with Gasteiger partial charge in [-0.2, -0.15) is 0 Å². The molecule has 0 unspecified atom stereocenters. The van der Waals surface area contributed by atoms with E-state index in [1.165, 1.54) is 5.56 Å². The van der Waals surface area contributed by atoms with E-state index in [-0.39, 0.29) is 0 Å². The topological polar surface area (TPSA) is 33.7 Å². The third-order valence-corrected chi connectivity index (χ3v) is 4.10. The number of halogens is 1. The minimum Gasteiger partial charge on any atom is -0.454 e. The fourth-order valence-electron chi connectivity index (χ4n) is 2.46. The molecule has 18 heavy (non-hydrogen) atoms. The van der Waals surface area contributed by atoms with Crippen molar-refractivity contribution in [3.8, 4) is 11.5 Å². The first-order chi connectivity index (χ1) is 8.74. The van der Waals surface area contributed by atoms with Gasteiger partial charge in [0.15, 0.2) is 11.5 Å². The molecule has 0 aliphatic carbocycles. The van der Waals surface area contributed by atoms with Crippen LogP contribution in [0.15, 0.2) is 16.6 Å². The molecule has 0 bridgehead atoms. The smallest absolute Gasteiger partial charge is 0.231 e. The summed E-state index contributed by atoms with van der Waals surface area (Å²) in [6.07, 6.45) is 0. The van der Waals surface area contributed by atoms with Crippen LogP contribution in [-0.4, -0.2) is 37.4 Å². The van der Waals surface area contributed by atoms with Gasteiger partial charge in [0, 0.05) is 32.2 Å². The number of ether oxygens (including phenoxy) is 2. The van der Waals surface area contributed by atoms with E-state index in [9.17, 15) is 0 Å². The summed E-state index contributed by atoms with van der Waals surface area (Å²) in [7, 11) is 0. The summed E-state index contributed by atoms with van der Waals surface area (Å²) in [5.41, 5.74) is 1.26. The van der Waals surface area contributed by atoms with Gasteiger partial charge in [0.25, 0.3) is 0 Å². The first kappa shape index (κ1) is 12.3. The highest BCUT2D eigenvalue weighted by atomic mass is 79.9. The van der Waals surface area contributed by atoms with Crippen LogP contribution in [0.1, 0.15) is 12.5 Å². The van der Waals surface area contributed by atoms with Gasteiger partial charge in [0.2, 0.25) is 6.79 Å². The third-order valence-electron chi connectivity index (χ3n) is 3.51. The van der Waals surface area contributed by atoms with Gasteiger partial charge in [-0.3, -0.25) is 4.90 Å². The zero-order valence-electron chi connectivity index (χ0n) is 10.4. The number of hydrogen-bond acceptors (Lipinski definition) is 4. The molecule has 1 atom stereocenters. The van der Waals surface area contributed by atoms with Crippen molar-refractivity contribution in [2.24, 2.45) is 0 Å². The molecule has 4 nitrogen and oxygen atoms in total. The lowest BCUT2D eigenvalue weighted by Crippen LogP contribution is -2.49. The van der Waals surface area contributed by atoms with Crippen LogP contribution in [-0.2, 0) is 6.54 Å². The Bertz CT molecular complexity index is 453. The van der Waals surface area contributed by atoms with Gasteiger partial charge in [0.05, 0.1) is 4.47 Å². The molecule has 2 heterocycles. The number of piperazine rings is 1. The third kappa shape index (κ3) is 2.35. The van der Waals surface area contributed by atoms with Crippen LogP contribution in [0, 0.1) is 0 Å². The van der Waals surface area contributed by atoms with E-state index in [4.69, 9.17) is 9.47 Å². The number of benzene rings is 1. The molecule has 0 spiro atoms. The first-order valence-corrected chi connectivity index (χ1v) is 7.06. The van der Waals surface area contributed by atoms with Crippen molar-refractivity contribution in [2.75, 3.05) is 26.4 Å². The van der Waals surface area contributed by atoms with Crippen LogP contribution in [0.2, 0.25) is 0 Å². The fourth-order valence-corrected chi connectivity index (χ4v) is 3.07. The van der Waals surface area contributed by atoms with Gasteiger partial charge in [-0.1, -0.05) is 0 Å². The molecule has 0 radical (unpaired) electrons. The Morgan fingerprint density at radius 1 is 1.44 bits per heavy atom. The minimum absolute atomic E-state index is 0.321. The molecule has 5 heteroatoms. The van der Waals surface area contributed by atoms with Crippen molar-refractivity contribution >= 4 is 15.9 Å². The normalized spacial score (nSPS) is 23.3. The van der Waals surface area contributed by atoms with E-state index in [2.05, 4.69) is 45.2 Å². The van der Waals surface area contributed by atoms with E-state index < -0.39 is 0 Å². The summed E-state index contributed by atoms with van der Waals surface area (Å²) in [6.45, 7) is 6.75. The second-order valence-corrected chi connectivity index (χ2v) is 5.69. The van der Waals surface area contributed by atoms with Crippen LogP contribution in [0.3, 0.4) is 0 Å². The van der Waals surface area contributed by atoms with E-state index in [1.54, 1.807) is 0 Å². The second kappa shape index (κ2) is 5.07. The van der Waals surface area contributed by atoms with Gasteiger partial charge in [-0.15, -0.1) is 0 Å². The number of nitrogens with one attached hydrogen (secondary N) is 1. The van der Waals surface area contributed by atoms with E-state index in [1.807, 2.05) is 0 Å².